The van der Waals surface area contributed by atoms with Crippen molar-refractivity contribution in [3.63, 3.8) is 0 Å². The lowest BCUT2D eigenvalue weighted by atomic mass is 10.1. The Labute approximate surface area is 200 Å². The maximum absolute atomic E-state index is 13.6. The van der Waals surface area contributed by atoms with Gasteiger partial charge in [0.2, 0.25) is 5.96 Å². The molecule has 0 N–H and O–H groups in total. The van der Waals surface area contributed by atoms with Gasteiger partial charge in [-0.3, -0.25) is 4.79 Å². The number of carbonyl (C=O) groups excluding carboxylic acids is 1. The van der Waals surface area contributed by atoms with E-state index in [0.29, 0.717) is 6.42 Å². The molecule has 1 atom stereocenters. The largest absolute Gasteiger partial charge is 0.368 e. The fraction of sp³-hybridized carbons (Fsp3) is 0.286. The molecule has 0 radical (unpaired) electrons. The molecule has 1 fully saturated rings. The second-order valence-electron chi connectivity index (χ2n) is 8.78. The van der Waals surface area contributed by atoms with Gasteiger partial charge in [0.25, 0.3) is 5.91 Å². The van der Waals surface area contributed by atoms with Crippen molar-refractivity contribution in [3.8, 4) is 0 Å². The number of piperazine rings is 1. The Balaban J connectivity index is 1.40. The highest BCUT2D eigenvalue weighted by molar-refractivity contribution is 6.22. The Morgan fingerprint density at radius 3 is 2.21 bits per heavy atom. The zero-order valence-electron chi connectivity index (χ0n) is 19.4. The average Bonchev–Trinajstić information content (AvgIpc) is 3.21. The highest BCUT2D eigenvalue weighted by Crippen LogP contribution is 2.27. The minimum Gasteiger partial charge on any atom is -0.368 e. The first-order valence-corrected chi connectivity index (χ1v) is 11.9. The number of carbonyl (C=O) groups is 1. The van der Waals surface area contributed by atoms with E-state index in [9.17, 15) is 9.18 Å². The standard InChI is InChI=1S/C28H29FN4O/c1-2-21-9-6-10-25(19-21)33-27(34)26(20-22-7-4-3-5-8-22)30-28(33)32-17-15-31(16-18-32)24-13-11-23(29)12-14-24/h3-14,19,26H,2,15-18,20H2,1H3. The van der Waals surface area contributed by atoms with Crippen LogP contribution in [0.25, 0.3) is 0 Å². The third kappa shape index (κ3) is 4.53. The Morgan fingerprint density at radius 2 is 1.50 bits per heavy atom. The maximum atomic E-state index is 13.6. The number of rotatable bonds is 5. The van der Waals surface area contributed by atoms with Gasteiger partial charge < -0.3 is 9.80 Å². The van der Waals surface area contributed by atoms with Gasteiger partial charge in [-0.15, -0.1) is 0 Å². The predicted molar refractivity (Wildman–Crippen MR) is 135 cm³/mol. The average molecular weight is 457 g/mol. The molecule has 174 valence electrons. The molecule has 5 rings (SSSR count). The molecule has 1 unspecified atom stereocenters. The topological polar surface area (TPSA) is 39.2 Å². The number of amides is 1. The van der Waals surface area contributed by atoms with Gasteiger partial charge in [-0.1, -0.05) is 49.4 Å². The van der Waals surface area contributed by atoms with E-state index in [1.165, 1.54) is 17.7 Å². The van der Waals surface area contributed by atoms with Gasteiger partial charge in [-0.05, 0) is 53.9 Å². The van der Waals surface area contributed by atoms with Gasteiger partial charge in [-0.2, -0.15) is 0 Å². The van der Waals surface area contributed by atoms with Crippen LogP contribution in [0.4, 0.5) is 15.8 Å². The molecule has 0 aromatic heterocycles. The van der Waals surface area contributed by atoms with E-state index < -0.39 is 6.04 Å². The van der Waals surface area contributed by atoms with Crippen LogP contribution in [0.2, 0.25) is 0 Å². The molecule has 1 amide bonds. The molecular weight excluding hydrogens is 427 g/mol. The Bertz CT molecular complexity index is 1170. The van der Waals surface area contributed by atoms with E-state index in [0.717, 1.165) is 55.5 Å². The van der Waals surface area contributed by atoms with Crippen molar-refractivity contribution in [2.24, 2.45) is 4.99 Å². The van der Waals surface area contributed by atoms with Crippen LogP contribution in [0, 0.1) is 5.82 Å². The number of hydrogen-bond donors (Lipinski definition) is 0. The number of nitrogens with zero attached hydrogens (tertiary/aromatic N) is 4. The Hall–Kier alpha value is -3.67. The van der Waals surface area contributed by atoms with Crippen LogP contribution in [0.3, 0.4) is 0 Å². The normalized spacial score (nSPS) is 18.4. The molecule has 0 aliphatic carbocycles. The molecule has 1 saturated heterocycles. The third-order valence-corrected chi connectivity index (χ3v) is 6.58. The second-order valence-corrected chi connectivity index (χ2v) is 8.78. The summed E-state index contributed by atoms with van der Waals surface area (Å²) in [6, 6.07) is 24.5. The summed E-state index contributed by atoms with van der Waals surface area (Å²) in [5.74, 6) is 0.529. The van der Waals surface area contributed by atoms with Gasteiger partial charge >= 0.3 is 0 Å². The summed E-state index contributed by atoms with van der Waals surface area (Å²) in [4.78, 5) is 24.8. The highest BCUT2D eigenvalue weighted by Gasteiger charge is 2.39. The van der Waals surface area contributed by atoms with Gasteiger partial charge in [0.1, 0.15) is 11.9 Å². The quantitative estimate of drug-likeness (QED) is 0.567. The molecule has 6 heteroatoms. The van der Waals surface area contributed by atoms with Crippen molar-refractivity contribution in [2.45, 2.75) is 25.8 Å². The summed E-state index contributed by atoms with van der Waals surface area (Å²) in [7, 11) is 0. The maximum Gasteiger partial charge on any atom is 0.259 e. The zero-order chi connectivity index (χ0) is 23.5. The molecule has 2 aliphatic heterocycles. The Morgan fingerprint density at radius 1 is 0.824 bits per heavy atom. The number of anilines is 2. The van der Waals surface area contributed by atoms with Crippen LogP contribution in [-0.4, -0.2) is 49.0 Å². The van der Waals surface area contributed by atoms with Gasteiger partial charge in [-0.25, -0.2) is 14.3 Å². The van der Waals surface area contributed by atoms with Crippen LogP contribution in [0.5, 0.6) is 0 Å². The predicted octanol–water partition coefficient (Wildman–Crippen LogP) is 4.52. The van der Waals surface area contributed by atoms with Gasteiger partial charge in [0.15, 0.2) is 0 Å². The summed E-state index contributed by atoms with van der Waals surface area (Å²) in [6.07, 6.45) is 1.49. The molecule has 2 aliphatic rings. The molecule has 0 saturated carbocycles. The molecular formula is C28H29FN4O. The number of benzene rings is 3. The number of guanidine groups is 1. The van der Waals surface area contributed by atoms with E-state index in [4.69, 9.17) is 4.99 Å². The molecule has 2 heterocycles. The summed E-state index contributed by atoms with van der Waals surface area (Å²) in [5.41, 5.74) is 4.19. The van der Waals surface area contributed by atoms with Crippen LogP contribution in [-0.2, 0) is 17.6 Å². The molecule has 0 spiro atoms. The lowest BCUT2D eigenvalue weighted by Crippen LogP contribution is -2.53. The van der Waals surface area contributed by atoms with Gasteiger partial charge in [0, 0.05) is 38.3 Å². The first-order chi connectivity index (χ1) is 16.6. The van der Waals surface area contributed by atoms with Crippen LogP contribution in [0.15, 0.2) is 83.9 Å². The lowest BCUT2D eigenvalue weighted by Gasteiger charge is -2.38. The summed E-state index contributed by atoms with van der Waals surface area (Å²) >= 11 is 0. The number of aliphatic imine (C=N–C) groups is 1. The lowest BCUT2D eigenvalue weighted by molar-refractivity contribution is -0.118. The van der Waals surface area contributed by atoms with Crippen LogP contribution >= 0.6 is 0 Å². The second kappa shape index (κ2) is 9.67. The summed E-state index contributed by atoms with van der Waals surface area (Å²) in [5, 5.41) is 0. The van der Waals surface area contributed by atoms with E-state index in [-0.39, 0.29) is 11.7 Å². The van der Waals surface area contributed by atoms with E-state index in [1.807, 2.05) is 54.6 Å². The van der Waals surface area contributed by atoms with Crippen molar-refractivity contribution >= 4 is 23.2 Å². The molecule has 34 heavy (non-hydrogen) atoms. The van der Waals surface area contributed by atoms with Crippen molar-refractivity contribution in [3.05, 3.63) is 95.8 Å². The van der Waals surface area contributed by atoms with Crippen LogP contribution in [0.1, 0.15) is 18.1 Å². The monoisotopic (exact) mass is 456 g/mol. The van der Waals surface area contributed by atoms with Crippen molar-refractivity contribution < 1.29 is 9.18 Å². The highest BCUT2D eigenvalue weighted by atomic mass is 19.1. The van der Waals surface area contributed by atoms with Crippen molar-refractivity contribution in [2.75, 3.05) is 36.0 Å². The summed E-state index contributed by atoms with van der Waals surface area (Å²) in [6.45, 7) is 5.17. The first-order valence-electron chi connectivity index (χ1n) is 11.9. The van der Waals surface area contributed by atoms with E-state index in [2.05, 4.69) is 28.9 Å². The van der Waals surface area contributed by atoms with E-state index in [1.54, 1.807) is 4.90 Å². The third-order valence-electron chi connectivity index (χ3n) is 6.58. The smallest absolute Gasteiger partial charge is 0.259 e. The van der Waals surface area contributed by atoms with Gasteiger partial charge in [0.05, 0.1) is 5.69 Å². The fourth-order valence-corrected chi connectivity index (χ4v) is 4.67. The molecule has 3 aromatic carbocycles. The SMILES string of the molecule is CCc1cccc(N2C(=O)C(Cc3ccccc3)N=C2N2CCN(c3ccc(F)cc3)CC2)c1. The minimum atomic E-state index is -0.433. The Kier molecular flexibility index (Phi) is 6.30. The molecule has 5 nitrogen and oxygen atoms in total. The first kappa shape index (κ1) is 22.1. The number of hydrogen-bond acceptors (Lipinski definition) is 4. The number of halogens is 1. The van der Waals surface area contributed by atoms with Crippen molar-refractivity contribution in [1.29, 1.82) is 0 Å². The summed E-state index contributed by atoms with van der Waals surface area (Å²) < 4.78 is 13.3. The van der Waals surface area contributed by atoms with E-state index >= 15 is 0 Å². The fourth-order valence-electron chi connectivity index (χ4n) is 4.67. The van der Waals surface area contributed by atoms with Crippen LogP contribution < -0.4 is 9.80 Å². The minimum absolute atomic E-state index is 0.0214. The zero-order valence-corrected chi connectivity index (χ0v) is 19.4. The molecule has 3 aromatic rings. The molecule has 0 bridgehead atoms. The van der Waals surface area contributed by atoms with Crippen molar-refractivity contribution in [1.82, 2.24) is 4.90 Å². The number of aryl methyl sites for hydroxylation is 1.